The zero-order valence-corrected chi connectivity index (χ0v) is 18.2. The molecule has 9 heteroatoms. The second kappa shape index (κ2) is 8.96. The lowest BCUT2D eigenvalue weighted by molar-refractivity contribution is -0.117. The van der Waals surface area contributed by atoms with Crippen LogP contribution in [0, 0.1) is 5.92 Å². The van der Waals surface area contributed by atoms with Crippen LogP contribution in [0.4, 0.5) is 5.69 Å². The number of phenols is 1. The van der Waals surface area contributed by atoms with E-state index in [0.29, 0.717) is 31.1 Å². The van der Waals surface area contributed by atoms with Gasteiger partial charge < -0.3 is 10.4 Å². The first-order chi connectivity index (χ1) is 14.8. The van der Waals surface area contributed by atoms with Crippen LogP contribution in [0.15, 0.2) is 53.4 Å². The maximum Gasteiger partial charge on any atom is 0.243 e. The quantitative estimate of drug-likeness (QED) is 0.564. The molecule has 0 bridgehead atoms. The van der Waals surface area contributed by atoms with E-state index >= 15 is 0 Å². The highest BCUT2D eigenvalue weighted by Gasteiger charge is 2.32. The Balaban J connectivity index is 1.37. The third-order valence-corrected chi connectivity index (χ3v) is 7.95. The van der Waals surface area contributed by atoms with Crippen LogP contribution in [-0.4, -0.2) is 42.9 Å². The Bertz CT molecular complexity index is 1030. The van der Waals surface area contributed by atoms with Crippen LogP contribution in [0.1, 0.15) is 37.8 Å². The van der Waals surface area contributed by atoms with Gasteiger partial charge in [-0.1, -0.05) is 25.1 Å². The van der Waals surface area contributed by atoms with Gasteiger partial charge in [-0.3, -0.25) is 4.79 Å². The van der Waals surface area contributed by atoms with Crippen molar-refractivity contribution in [3.63, 3.8) is 0 Å². The molecule has 8 nitrogen and oxygen atoms in total. The molecule has 2 fully saturated rings. The summed E-state index contributed by atoms with van der Waals surface area (Å²) in [6.45, 7) is 3.22. The number of nitrogens with one attached hydrogen (secondary N) is 3. The van der Waals surface area contributed by atoms with Gasteiger partial charge in [0.1, 0.15) is 11.8 Å². The average Bonchev–Trinajstić information content (AvgIpc) is 3.25. The zero-order valence-electron chi connectivity index (χ0n) is 17.4. The Labute approximate surface area is 182 Å². The lowest BCUT2D eigenvalue weighted by Gasteiger charge is -2.29. The van der Waals surface area contributed by atoms with Crippen molar-refractivity contribution in [2.75, 3.05) is 18.4 Å². The number of piperidine rings is 1. The number of anilines is 1. The number of rotatable bonds is 5. The Hall–Kier alpha value is -2.46. The average molecular weight is 445 g/mol. The Kier molecular flexibility index (Phi) is 6.29. The number of phenolic OH excluding ortho intramolecular Hbond substituents is 1. The molecule has 166 valence electrons. The van der Waals surface area contributed by atoms with Crippen LogP contribution in [0.25, 0.3) is 0 Å². The van der Waals surface area contributed by atoms with Crippen molar-refractivity contribution in [3.8, 4) is 5.75 Å². The molecular weight excluding hydrogens is 416 g/mol. The number of carbonyl (C=O) groups is 1. The van der Waals surface area contributed by atoms with E-state index in [2.05, 4.69) is 23.1 Å². The van der Waals surface area contributed by atoms with E-state index in [0.717, 1.165) is 18.4 Å². The third-order valence-electron chi connectivity index (χ3n) is 6.03. The monoisotopic (exact) mass is 444 g/mol. The summed E-state index contributed by atoms with van der Waals surface area (Å²) in [5.41, 5.74) is 7.26. The van der Waals surface area contributed by atoms with Gasteiger partial charge in [0.05, 0.1) is 10.9 Å². The number of hydrogen-bond donors (Lipinski definition) is 4. The lowest BCUT2D eigenvalue weighted by Crippen LogP contribution is -2.39. The summed E-state index contributed by atoms with van der Waals surface area (Å²) in [6.07, 6.45) is 2.22. The van der Waals surface area contributed by atoms with Gasteiger partial charge in [0.2, 0.25) is 15.9 Å². The van der Waals surface area contributed by atoms with Gasteiger partial charge in [-0.25, -0.2) is 19.3 Å². The second-order valence-electron chi connectivity index (χ2n) is 8.29. The molecule has 2 heterocycles. The van der Waals surface area contributed by atoms with Crippen molar-refractivity contribution < 1.29 is 18.3 Å². The van der Waals surface area contributed by atoms with Crippen LogP contribution < -0.4 is 16.2 Å². The smallest absolute Gasteiger partial charge is 0.243 e. The van der Waals surface area contributed by atoms with Crippen molar-refractivity contribution in [2.24, 2.45) is 5.92 Å². The molecule has 2 aliphatic heterocycles. The predicted octanol–water partition coefficient (Wildman–Crippen LogP) is 2.36. The molecule has 2 saturated heterocycles. The maximum atomic E-state index is 12.8. The largest absolute Gasteiger partial charge is 0.508 e. The van der Waals surface area contributed by atoms with Crippen LogP contribution in [0.5, 0.6) is 5.75 Å². The van der Waals surface area contributed by atoms with Crippen LogP contribution >= 0.6 is 0 Å². The molecule has 2 aromatic carbocycles. The summed E-state index contributed by atoms with van der Waals surface area (Å²) in [7, 11) is -3.51. The SMILES string of the molecule is CC1CCN(S(=O)(=O)c2ccc(NC(=O)C3CC(c4ccccc4O)NN3)cc2)CC1. The number of hydrogen-bond acceptors (Lipinski definition) is 6. The number of benzene rings is 2. The second-order valence-corrected chi connectivity index (χ2v) is 10.2. The van der Waals surface area contributed by atoms with Gasteiger partial charge in [0, 0.05) is 24.3 Å². The fourth-order valence-corrected chi connectivity index (χ4v) is 5.50. The number of aromatic hydroxyl groups is 1. The fraction of sp³-hybridized carbons (Fsp3) is 0.409. The molecule has 0 aromatic heterocycles. The zero-order chi connectivity index (χ0) is 22.0. The topological polar surface area (TPSA) is 111 Å². The van der Waals surface area contributed by atoms with Gasteiger partial charge >= 0.3 is 0 Å². The van der Waals surface area contributed by atoms with E-state index in [-0.39, 0.29) is 22.6 Å². The van der Waals surface area contributed by atoms with E-state index in [1.54, 1.807) is 24.3 Å². The number of amides is 1. The van der Waals surface area contributed by atoms with Gasteiger partial charge in [0.25, 0.3) is 0 Å². The molecule has 2 unspecified atom stereocenters. The molecular formula is C22H28N4O4S. The third kappa shape index (κ3) is 4.74. The summed E-state index contributed by atoms with van der Waals surface area (Å²) in [4.78, 5) is 12.9. The molecule has 0 aliphatic carbocycles. The maximum absolute atomic E-state index is 12.8. The number of carbonyl (C=O) groups excluding carboxylic acids is 1. The Morgan fingerprint density at radius 2 is 1.74 bits per heavy atom. The minimum absolute atomic E-state index is 0.183. The molecule has 31 heavy (non-hydrogen) atoms. The van der Waals surface area contributed by atoms with Crippen LogP contribution in [0.3, 0.4) is 0 Å². The highest BCUT2D eigenvalue weighted by molar-refractivity contribution is 7.89. The number of nitrogens with zero attached hydrogens (tertiary/aromatic N) is 1. The summed E-state index contributed by atoms with van der Waals surface area (Å²) in [6, 6.07) is 12.6. The molecule has 1 amide bonds. The number of para-hydroxylation sites is 1. The standard InChI is InChI=1S/C22H28N4O4S/c1-15-10-12-26(13-11-15)31(29,30)17-8-6-16(7-9-17)23-22(28)20-14-19(24-25-20)18-4-2-3-5-21(18)27/h2-9,15,19-20,24-25,27H,10-14H2,1H3,(H,23,28). The minimum atomic E-state index is -3.51. The van der Waals surface area contributed by atoms with E-state index in [1.807, 2.05) is 12.1 Å². The first-order valence-electron chi connectivity index (χ1n) is 10.5. The van der Waals surface area contributed by atoms with Crippen LogP contribution in [-0.2, 0) is 14.8 Å². The van der Waals surface area contributed by atoms with E-state index in [4.69, 9.17) is 0 Å². The molecule has 4 rings (SSSR count). The minimum Gasteiger partial charge on any atom is -0.508 e. The van der Waals surface area contributed by atoms with Gasteiger partial charge in [-0.2, -0.15) is 4.31 Å². The first-order valence-corrected chi connectivity index (χ1v) is 12.0. The summed E-state index contributed by atoms with van der Waals surface area (Å²) in [5.74, 6) is 0.502. The highest BCUT2D eigenvalue weighted by Crippen LogP contribution is 2.29. The fourth-order valence-electron chi connectivity index (χ4n) is 4.03. The van der Waals surface area contributed by atoms with Gasteiger partial charge in [-0.05, 0) is 55.5 Å². The van der Waals surface area contributed by atoms with Crippen molar-refractivity contribution in [3.05, 3.63) is 54.1 Å². The van der Waals surface area contributed by atoms with Crippen molar-refractivity contribution in [1.29, 1.82) is 0 Å². The first kappa shape index (κ1) is 21.8. The van der Waals surface area contributed by atoms with Crippen molar-refractivity contribution in [2.45, 2.75) is 43.2 Å². The lowest BCUT2D eigenvalue weighted by atomic mass is 10.0. The van der Waals surface area contributed by atoms with Gasteiger partial charge in [-0.15, -0.1) is 0 Å². The van der Waals surface area contributed by atoms with E-state index < -0.39 is 16.1 Å². The number of sulfonamides is 1. The van der Waals surface area contributed by atoms with Crippen LogP contribution in [0.2, 0.25) is 0 Å². The highest BCUT2D eigenvalue weighted by atomic mass is 32.2. The molecule has 0 spiro atoms. The van der Waals surface area contributed by atoms with Crippen molar-refractivity contribution in [1.82, 2.24) is 15.2 Å². The summed E-state index contributed by atoms with van der Waals surface area (Å²) in [5, 5.41) is 12.8. The Morgan fingerprint density at radius 1 is 1.06 bits per heavy atom. The van der Waals surface area contributed by atoms with E-state index in [1.165, 1.54) is 16.4 Å². The van der Waals surface area contributed by atoms with Crippen molar-refractivity contribution >= 4 is 21.6 Å². The molecule has 2 aromatic rings. The number of hydrazine groups is 1. The molecule has 0 saturated carbocycles. The Morgan fingerprint density at radius 3 is 2.42 bits per heavy atom. The molecule has 4 N–H and O–H groups in total. The summed E-state index contributed by atoms with van der Waals surface area (Å²) >= 11 is 0. The van der Waals surface area contributed by atoms with E-state index in [9.17, 15) is 18.3 Å². The predicted molar refractivity (Wildman–Crippen MR) is 118 cm³/mol. The summed E-state index contributed by atoms with van der Waals surface area (Å²) < 4.78 is 27.2. The van der Waals surface area contributed by atoms with Gasteiger partial charge in [0.15, 0.2) is 0 Å². The molecule has 2 atom stereocenters. The normalized spacial score (nSPS) is 23.0. The molecule has 2 aliphatic rings. The molecule has 0 radical (unpaired) electrons.